The molecule has 360 valence electrons. The summed E-state index contributed by atoms with van der Waals surface area (Å²) < 4.78 is 0. The van der Waals surface area contributed by atoms with Crippen molar-refractivity contribution >= 4 is 77.0 Å². The van der Waals surface area contributed by atoms with Crippen molar-refractivity contribution in [3.05, 3.63) is 0 Å². The molecule has 0 aliphatic heterocycles. The number of hydrogen-bond acceptors (Lipinski definition) is 19. The van der Waals surface area contributed by atoms with E-state index in [2.05, 4.69) is 5.32 Å². The molecule has 9 amide bonds. The van der Waals surface area contributed by atoms with Gasteiger partial charge in [0.2, 0.25) is 53.2 Å². The van der Waals surface area contributed by atoms with Crippen molar-refractivity contribution < 1.29 is 108 Å². The summed E-state index contributed by atoms with van der Waals surface area (Å²) in [4.78, 5) is 160. The number of carboxylic acid groups (broad SMARTS) is 4. The van der Waals surface area contributed by atoms with Crippen LogP contribution >= 0.6 is 0 Å². The summed E-state index contributed by atoms with van der Waals surface area (Å²) in [5.41, 5.74) is 5.00. The van der Waals surface area contributed by atoms with Gasteiger partial charge in [0.25, 0.3) is 0 Å². The summed E-state index contributed by atoms with van der Waals surface area (Å²) in [5.74, 6) is -19.6. The lowest BCUT2D eigenvalue weighted by molar-refractivity contribution is -0.142. The van der Waals surface area contributed by atoms with Crippen LogP contribution in [0.25, 0.3) is 0 Å². The molecule has 0 aliphatic carbocycles. The zero-order valence-electron chi connectivity index (χ0n) is 33.5. The zero-order valence-corrected chi connectivity index (χ0v) is 33.5. The molecule has 0 spiro atoms. The average molecular weight is 927 g/mol. The van der Waals surface area contributed by atoms with E-state index in [1.807, 2.05) is 42.5 Å². The number of aliphatic hydroxyl groups is 5. The molecule has 32 nitrogen and oxygen atoms in total. The largest absolute Gasteiger partial charge is 0.481 e. The van der Waals surface area contributed by atoms with Gasteiger partial charge in [0.1, 0.15) is 54.4 Å². The number of aliphatic carboxylic acids is 4. The Balaban J connectivity index is 6.15. The lowest BCUT2D eigenvalue weighted by Crippen LogP contribution is -2.62. The normalized spacial score (nSPS) is 15.0. The third-order valence-electron chi connectivity index (χ3n) is 8.18. The fourth-order valence-electron chi connectivity index (χ4n) is 4.81. The van der Waals surface area contributed by atoms with Crippen LogP contribution in [-0.2, 0) is 62.3 Å². The second-order valence-corrected chi connectivity index (χ2v) is 13.0. The second kappa shape index (κ2) is 28.5. The molecule has 0 heterocycles. The highest BCUT2D eigenvalue weighted by Crippen LogP contribution is 2.03. The van der Waals surface area contributed by atoms with Crippen LogP contribution in [0.5, 0.6) is 0 Å². The molecule has 0 rings (SSSR count). The van der Waals surface area contributed by atoms with Crippen molar-refractivity contribution in [1.29, 1.82) is 0 Å². The van der Waals surface area contributed by atoms with Gasteiger partial charge in [-0.25, -0.2) is 0 Å². The number of primary amides is 1. The Hall–Kier alpha value is -7.13. The molecular formula is C32H50N10O22. The molecule has 0 bridgehead atoms. The van der Waals surface area contributed by atoms with Crippen LogP contribution in [0.2, 0.25) is 0 Å². The topological polar surface area (TPSA) is 538 Å². The molecule has 9 atom stereocenters. The maximum atomic E-state index is 13.1. The predicted octanol–water partition coefficient (Wildman–Crippen LogP) is -12.2. The van der Waals surface area contributed by atoms with Crippen molar-refractivity contribution in [3.63, 3.8) is 0 Å². The third-order valence-corrected chi connectivity index (χ3v) is 8.18. The average Bonchev–Trinajstić information content (AvgIpc) is 3.20. The number of nitrogens with two attached hydrogens (primary N) is 1. The molecule has 0 aromatic rings. The molecule has 5 unspecified atom stereocenters. The number of aliphatic hydroxyl groups excluding tert-OH is 5. The molecule has 0 radical (unpaired) electrons. The first kappa shape index (κ1) is 56.9. The van der Waals surface area contributed by atoms with E-state index in [1.54, 1.807) is 0 Å². The van der Waals surface area contributed by atoms with Gasteiger partial charge in [0.05, 0.1) is 58.7 Å². The Morgan fingerprint density at radius 1 is 0.328 bits per heavy atom. The van der Waals surface area contributed by atoms with Gasteiger partial charge in [-0.15, -0.1) is 0 Å². The zero-order chi connectivity index (χ0) is 49.4. The predicted molar refractivity (Wildman–Crippen MR) is 202 cm³/mol. The van der Waals surface area contributed by atoms with Gasteiger partial charge >= 0.3 is 23.9 Å². The van der Waals surface area contributed by atoms with Gasteiger partial charge in [-0.2, -0.15) is 0 Å². The molecular weight excluding hydrogens is 876 g/mol. The van der Waals surface area contributed by atoms with Gasteiger partial charge in [0.15, 0.2) is 0 Å². The maximum absolute atomic E-state index is 13.1. The van der Waals surface area contributed by atoms with Crippen molar-refractivity contribution in [3.8, 4) is 0 Å². The number of likely N-dealkylation sites (N-methyl/N-ethyl adjacent to an activating group) is 1. The van der Waals surface area contributed by atoms with E-state index in [1.165, 1.54) is 7.05 Å². The number of hydrogen-bond donors (Lipinski definition) is 19. The minimum absolute atomic E-state index is 0.791. The Labute approximate surface area is 359 Å². The molecule has 0 aliphatic rings. The van der Waals surface area contributed by atoms with Crippen molar-refractivity contribution in [2.75, 3.05) is 40.1 Å². The highest BCUT2D eigenvalue weighted by molar-refractivity contribution is 6.00. The van der Waals surface area contributed by atoms with Gasteiger partial charge in [-0.05, 0) is 7.05 Å². The quantitative estimate of drug-likeness (QED) is 0.0307. The van der Waals surface area contributed by atoms with E-state index >= 15 is 0 Å². The van der Waals surface area contributed by atoms with E-state index in [0.717, 1.165) is 0 Å². The number of rotatable bonds is 31. The van der Waals surface area contributed by atoms with Crippen LogP contribution in [-0.4, -0.2) is 217 Å². The summed E-state index contributed by atoms with van der Waals surface area (Å²) in [6, 6.07) is -17.8. The van der Waals surface area contributed by atoms with E-state index in [4.69, 9.17) is 5.73 Å². The fourth-order valence-corrected chi connectivity index (χ4v) is 4.81. The minimum atomic E-state index is -2.22. The van der Waals surface area contributed by atoms with E-state index in [9.17, 15) is 108 Å². The number of amides is 9. The van der Waals surface area contributed by atoms with Crippen LogP contribution in [0.4, 0.5) is 0 Å². The smallest absolute Gasteiger partial charge is 0.305 e. The minimum Gasteiger partial charge on any atom is -0.481 e. The molecule has 0 aromatic heterocycles. The Kier molecular flexibility index (Phi) is 25.3. The number of carbonyl (C=O) groups is 13. The SMILES string of the molecule is CNC(CO)C(=O)N[C@@H](CC(=O)O)C(=O)NC(CO)C(=O)N[C@@H](CC(=O)O)C(=O)NC(CO)C(=O)N[C@@H](CC(=O)O)C(=O)NC(CO)C(=O)N[C@@H](CC(=O)O)C(=O)NC(CO)C(N)=O. The van der Waals surface area contributed by atoms with Gasteiger partial charge < -0.3 is 99.5 Å². The number of carbonyl (C=O) groups excluding carboxylic acids is 9. The molecule has 64 heavy (non-hydrogen) atoms. The standard InChI is InChI=1S/C32H50N10O22/c1-34-16(7-44)29(61)35-12(3-21(50)51)26(58)40-18(9-46)31(63)37-14(5-23(54)55)28(60)42-19(10-47)32(64)38-13(4-22(52)53)27(59)41-17(8-45)30(62)36-11(2-20(48)49)25(57)39-15(6-43)24(33)56/h11-19,34,43-47H,2-10H2,1H3,(H2,33,56)(H,35,61)(H,36,62)(H,37,63)(H,38,64)(H,39,57)(H,40,58)(H,41,59)(H,42,60)(H,48,49)(H,50,51)(H,52,53)(H,54,55)/t11-,12-,13-,14-,15?,16?,17?,18?,19?/m0/s1. The maximum Gasteiger partial charge on any atom is 0.305 e. The lowest BCUT2D eigenvalue weighted by atomic mass is 10.1. The van der Waals surface area contributed by atoms with Crippen LogP contribution < -0.4 is 53.6 Å². The summed E-state index contributed by atoms with van der Waals surface area (Å²) in [6.07, 6.45) is -4.83. The Morgan fingerprint density at radius 3 is 0.672 bits per heavy atom. The first-order valence-corrected chi connectivity index (χ1v) is 18.2. The van der Waals surface area contributed by atoms with Gasteiger partial charge in [-0.1, -0.05) is 0 Å². The molecule has 20 N–H and O–H groups in total. The Bertz CT molecular complexity index is 1740. The monoisotopic (exact) mass is 926 g/mol. The highest BCUT2D eigenvalue weighted by atomic mass is 16.4. The molecule has 0 saturated carbocycles. The van der Waals surface area contributed by atoms with Crippen LogP contribution in [0.15, 0.2) is 0 Å². The lowest BCUT2D eigenvalue weighted by Gasteiger charge is -2.26. The molecule has 32 heteroatoms. The Morgan fingerprint density at radius 2 is 0.500 bits per heavy atom. The summed E-state index contributed by atoms with van der Waals surface area (Å²) in [6.45, 7) is -5.80. The number of carboxylic acids is 4. The fraction of sp³-hybridized carbons (Fsp3) is 0.594. The first-order chi connectivity index (χ1) is 29.9. The molecule has 0 saturated heterocycles. The van der Waals surface area contributed by atoms with Gasteiger partial charge in [-0.3, -0.25) is 62.3 Å². The summed E-state index contributed by atoms with van der Waals surface area (Å²) >= 11 is 0. The molecule has 0 fully saturated rings. The second-order valence-electron chi connectivity index (χ2n) is 13.0. The van der Waals surface area contributed by atoms with Crippen molar-refractivity contribution in [2.45, 2.75) is 80.1 Å². The summed E-state index contributed by atoms with van der Waals surface area (Å²) in [5, 5.41) is 102. The van der Waals surface area contributed by atoms with E-state index in [-0.39, 0.29) is 0 Å². The van der Waals surface area contributed by atoms with Crippen LogP contribution in [0.1, 0.15) is 25.7 Å². The van der Waals surface area contributed by atoms with Crippen molar-refractivity contribution in [2.24, 2.45) is 5.73 Å². The van der Waals surface area contributed by atoms with Crippen LogP contribution in [0, 0.1) is 0 Å². The van der Waals surface area contributed by atoms with Crippen molar-refractivity contribution in [1.82, 2.24) is 47.9 Å². The molecule has 0 aromatic carbocycles. The van der Waals surface area contributed by atoms with E-state index < -0.39 is 190 Å². The van der Waals surface area contributed by atoms with Crippen LogP contribution in [0.3, 0.4) is 0 Å². The number of nitrogens with one attached hydrogen (secondary N) is 9. The highest BCUT2D eigenvalue weighted by Gasteiger charge is 2.36. The first-order valence-electron chi connectivity index (χ1n) is 18.2. The van der Waals surface area contributed by atoms with Gasteiger partial charge in [0, 0.05) is 0 Å². The third kappa shape index (κ3) is 20.2. The summed E-state index contributed by atoms with van der Waals surface area (Å²) in [7, 11) is 1.25. The van der Waals surface area contributed by atoms with E-state index in [0.29, 0.717) is 0 Å².